The largest absolute Gasteiger partial charge is 0.396 e. The van der Waals surface area contributed by atoms with Gasteiger partial charge in [0.15, 0.2) is 0 Å². The normalized spacial score (nSPS) is 31.8. The van der Waals surface area contributed by atoms with Gasteiger partial charge in [0.05, 0.1) is 12.7 Å². The molecule has 1 aliphatic carbocycles. The molecule has 0 aromatic rings. The van der Waals surface area contributed by atoms with Crippen LogP contribution in [0.5, 0.6) is 0 Å². The van der Waals surface area contributed by atoms with Gasteiger partial charge in [-0.15, -0.1) is 0 Å². The standard InChI is InChI=1S/C13H26O2/c1-2-3-4-6-9-13(11-14)10-7-5-8-12(13)15/h12,14-15H,2-11H2,1H3. The lowest BCUT2D eigenvalue weighted by molar-refractivity contribution is -0.0541. The fraction of sp³-hybridized carbons (Fsp3) is 1.00. The van der Waals surface area contributed by atoms with E-state index in [2.05, 4.69) is 6.92 Å². The minimum atomic E-state index is -0.266. The molecule has 1 fully saturated rings. The SMILES string of the molecule is CCCCCCC1(CO)CCCCC1O. The smallest absolute Gasteiger partial charge is 0.0618 e. The van der Waals surface area contributed by atoms with Gasteiger partial charge in [-0.25, -0.2) is 0 Å². The maximum absolute atomic E-state index is 10.0. The molecule has 2 N–H and O–H groups in total. The maximum Gasteiger partial charge on any atom is 0.0618 e. The van der Waals surface area contributed by atoms with Crippen LogP contribution in [0, 0.1) is 5.41 Å². The number of hydrogen-bond acceptors (Lipinski definition) is 2. The van der Waals surface area contributed by atoms with Gasteiger partial charge in [0.25, 0.3) is 0 Å². The van der Waals surface area contributed by atoms with Gasteiger partial charge in [0, 0.05) is 5.41 Å². The van der Waals surface area contributed by atoms with Crippen LogP contribution in [0.25, 0.3) is 0 Å². The van der Waals surface area contributed by atoms with E-state index in [4.69, 9.17) is 0 Å². The molecule has 2 nitrogen and oxygen atoms in total. The van der Waals surface area contributed by atoms with Crippen molar-refractivity contribution in [2.24, 2.45) is 5.41 Å². The molecule has 2 unspecified atom stereocenters. The van der Waals surface area contributed by atoms with Crippen molar-refractivity contribution in [3.05, 3.63) is 0 Å². The topological polar surface area (TPSA) is 40.5 Å². The van der Waals surface area contributed by atoms with Gasteiger partial charge >= 0.3 is 0 Å². The first-order valence-corrected chi connectivity index (χ1v) is 6.54. The lowest BCUT2D eigenvalue weighted by Crippen LogP contribution is -2.41. The molecule has 2 atom stereocenters. The molecule has 0 aliphatic heterocycles. The first-order valence-electron chi connectivity index (χ1n) is 6.54. The summed E-state index contributed by atoms with van der Waals surface area (Å²) < 4.78 is 0. The first kappa shape index (κ1) is 13.0. The molecule has 1 aliphatic rings. The molecule has 0 heterocycles. The quantitative estimate of drug-likeness (QED) is 0.667. The van der Waals surface area contributed by atoms with Crippen molar-refractivity contribution >= 4 is 0 Å². The minimum Gasteiger partial charge on any atom is -0.396 e. The predicted molar refractivity (Wildman–Crippen MR) is 62.8 cm³/mol. The van der Waals surface area contributed by atoms with E-state index >= 15 is 0 Å². The zero-order valence-corrected chi connectivity index (χ0v) is 10.0. The van der Waals surface area contributed by atoms with Crippen LogP contribution in [-0.2, 0) is 0 Å². The highest BCUT2D eigenvalue weighted by Gasteiger charge is 2.38. The van der Waals surface area contributed by atoms with Crippen LogP contribution in [0.3, 0.4) is 0 Å². The summed E-state index contributed by atoms with van der Waals surface area (Å²) in [4.78, 5) is 0. The van der Waals surface area contributed by atoms with E-state index in [1.165, 1.54) is 25.7 Å². The summed E-state index contributed by atoms with van der Waals surface area (Å²) in [5, 5.41) is 19.5. The Morgan fingerprint density at radius 2 is 2.00 bits per heavy atom. The van der Waals surface area contributed by atoms with E-state index in [0.29, 0.717) is 0 Å². The highest BCUT2D eigenvalue weighted by Crippen LogP contribution is 2.40. The third-order valence-electron chi connectivity index (χ3n) is 3.95. The summed E-state index contributed by atoms with van der Waals surface area (Å²) in [6.45, 7) is 2.37. The molecule has 2 heteroatoms. The van der Waals surface area contributed by atoms with Crippen molar-refractivity contribution in [1.29, 1.82) is 0 Å². The molecule has 1 saturated carbocycles. The van der Waals surface area contributed by atoms with Gasteiger partial charge in [-0.3, -0.25) is 0 Å². The van der Waals surface area contributed by atoms with Crippen LogP contribution in [-0.4, -0.2) is 22.9 Å². The fourth-order valence-corrected chi connectivity index (χ4v) is 2.75. The highest BCUT2D eigenvalue weighted by atomic mass is 16.3. The lowest BCUT2D eigenvalue weighted by Gasteiger charge is -2.40. The van der Waals surface area contributed by atoms with E-state index in [0.717, 1.165) is 32.1 Å². The number of aliphatic hydroxyl groups excluding tert-OH is 2. The molecule has 15 heavy (non-hydrogen) atoms. The molecule has 0 aromatic heterocycles. The van der Waals surface area contributed by atoms with Crippen LogP contribution in [0.15, 0.2) is 0 Å². The Kier molecular flexibility index (Phi) is 5.62. The number of hydrogen-bond donors (Lipinski definition) is 2. The Labute approximate surface area is 93.7 Å². The van der Waals surface area contributed by atoms with Gasteiger partial charge in [-0.2, -0.15) is 0 Å². The Morgan fingerprint density at radius 1 is 1.20 bits per heavy atom. The Balaban J connectivity index is 2.37. The van der Waals surface area contributed by atoms with Crippen molar-refractivity contribution < 1.29 is 10.2 Å². The summed E-state index contributed by atoms with van der Waals surface area (Å²) in [5.74, 6) is 0. The second-order valence-electron chi connectivity index (χ2n) is 5.09. The second kappa shape index (κ2) is 6.49. The molecule has 0 radical (unpaired) electrons. The first-order chi connectivity index (χ1) is 7.25. The van der Waals surface area contributed by atoms with E-state index in [1.807, 2.05) is 0 Å². The van der Waals surface area contributed by atoms with Gasteiger partial charge in [-0.05, 0) is 19.3 Å². The summed E-state index contributed by atoms with van der Waals surface area (Å²) in [7, 11) is 0. The second-order valence-corrected chi connectivity index (χ2v) is 5.09. The monoisotopic (exact) mass is 214 g/mol. The minimum absolute atomic E-state index is 0.161. The fourth-order valence-electron chi connectivity index (χ4n) is 2.75. The molecule has 0 bridgehead atoms. The Morgan fingerprint density at radius 3 is 2.60 bits per heavy atom. The van der Waals surface area contributed by atoms with Crippen LogP contribution < -0.4 is 0 Å². The third-order valence-corrected chi connectivity index (χ3v) is 3.95. The molecular formula is C13H26O2. The lowest BCUT2D eigenvalue weighted by atomic mass is 9.69. The number of unbranched alkanes of at least 4 members (excludes halogenated alkanes) is 3. The van der Waals surface area contributed by atoms with Gasteiger partial charge in [-0.1, -0.05) is 45.4 Å². The summed E-state index contributed by atoms with van der Waals surface area (Å²) in [6.07, 6.45) is 9.85. The van der Waals surface area contributed by atoms with Crippen molar-refractivity contribution in [3.8, 4) is 0 Å². The number of rotatable bonds is 6. The van der Waals surface area contributed by atoms with Crippen molar-refractivity contribution in [1.82, 2.24) is 0 Å². The van der Waals surface area contributed by atoms with Gasteiger partial charge in [0.2, 0.25) is 0 Å². The summed E-state index contributed by atoms with van der Waals surface area (Å²) in [5.41, 5.74) is -0.161. The van der Waals surface area contributed by atoms with E-state index < -0.39 is 0 Å². The van der Waals surface area contributed by atoms with E-state index in [-0.39, 0.29) is 18.1 Å². The average Bonchev–Trinajstić information content (AvgIpc) is 2.27. The third kappa shape index (κ3) is 3.46. The molecule has 90 valence electrons. The zero-order valence-electron chi connectivity index (χ0n) is 10.0. The predicted octanol–water partition coefficient (Wildman–Crippen LogP) is 2.87. The van der Waals surface area contributed by atoms with Crippen LogP contribution >= 0.6 is 0 Å². The van der Waals surface area contributed by atoms with Crippen molar-refractivity contribution in [3.63, 3.8) is 0 Å². The molecule has 0 amide bonds. The van der Waals surface area contributed by atoms with Crippen molar-refractivity contribution in [2.75, 3.05) is 6.61 Å². The summed E-state index contributed by atoms with van der Waals surface area (Å²) in [6, 6.07) is 0. The van der Waals surface area contributed by atoms with Crippen molar-refractivity contribution in [2.45, 2.75) is 70.8 Å². The average molecular weight is 214 g/mol. The van der Waals surface area contributed by atoms with Crippen LogP contribution in [0.1, 0.15) is 64.7 Å². The Bertz CT molecular complexity index is 170. The Hall–Kier alpha value is -0.0800. The highest BCUT2D eigenvalue weighted by molar-refractivity contribution is 4.89. The molecule has 1 rings (SSSR count). The molecule has 0 saturated heterocycles. The maximum atomic E-state index is 10.0. The van der Waals surface area contributed by atoms with E-state index in [9.17, 15) is 10.2 Å². The van der Waals surface area contributed by atoms with Gasteiger partial charge < -0.3 is 10.2 Å². The zero-order chi connectivity index (χ0) is 11.1. The summed E-state index contributed by atoms with van der Waals surface area (Å²) >= 11 is 0. The van der Waals surface area contributed by atoms with Crippen LogP contribution in [0.4, 0.5) is 0 Å². The molecule has 0 spiro atoms. The van der Waals surface area contributed by atoms with Crippen LogP contribution in [0.2, 0.25) is 0 Å². The molecular weight excluding hydrogens is 188 g/mol. The molecule has 0 aromatic carbocycles. The number of aliphatic hydroxyl groups is 2. The van der Waals surface area contributed by atoms with Gasteiger partial charge in [0.1, 0.15) is 0 Å². The van der Waals surface area contributed by atoms with E-state index in [1.54, 1.807) is 0 Å².